The highest BCUT2D eigenvalue weighted by Crippen LogP contribution is 2.25. The average Bonchev–Trinajstić information content (AvgIpc) is 2.96. The Balaban J connectivity index is 2.02. The summed E-state index contributed by atoms with van der Waals surface area (Å²) >= 11 is 0. The molecule has 1 unspecified atom stereocenters. The largest absolute Gasteiger partial charge is 0.378 e. The quantitative estimate of drug-likeness (QED) is 0.785. The van der Waals surface area contributed by atoms with E-state index in [4.69, 9.17) is 4.74 Å². The minimum atomic E-state index is -3.28. The van der Waals surface area contributed by atoms with E-state index in [0.717, 1.165) is 25.9 Å². The molecule has 0 aliphatic carbocycles. The Morgan fingerprint density at radius 3 is 2.79 bits per heavy atom. The van der Waals surface area contributed by atoms with Gasteiger partial charge in [-0.3, -0.25) is 0 Å². The van der Waals surface area contributed by atoms with Gasteiger partial charge in [0.25, 0.3) is 0 Å². The molecule has 1 aromatic heterocycles. The van der Waals surface area contributed by atoms with E-state index < -0.39 is 14.6 Å². The molecule has 1 fully saturated rings. The lowest BCUT2D eigenvalue weighted by atomic mass is 10.2. The number of nitrogens with zero attached hydrogens (tertiary/aromatic N) is 4. The van der Waals surface area contributed by atoms with Crippen LogP contribution in [-0.4, -0.2) is 47.6 Å². The lowest BCUT2D eigenvalue weighted by Crippen LogP contribution is -2.29. The van der Waals surface area contributed by atoms with Crippen molar-refractivity contribution in [2.45, 2.75) is 50.5 Å². The van der Waals surface area contributed by atoms with E-state index >= 15 is 0 Å². The lowest BCUT2D eigenvalue weighted by Gasteiger charge is -2.17. The standard InChI is InChI=1S/C11H20N4O3S/c1-11(2,19(3,16)17)10-12-14-15(13-10)7-6-9-5-4-8-18-9/h9H,4-8H2,1-3H3. The number of sulfone groups is 1. The number of aryl methyl sites for hydroxylation is 1. The van der Waals surface area contributed by atoms with Crippen molar-refractivity contribution in [2.75, 3.05) is 12.9 Å². The molecular formula is C11H20N4O3S. The summed E-state index contributed by atoms with van der Waals surface area (Å²) in [5.41, 5.74) is 0. The van der Waals surface area contributed by atoms with Crippen molar-refractivity contribution in [3.05, 3.63) is 5.82 Å². The second kappa shape index (κ2) is 5.16. The summed E-state index contributed by atoms with van der Waals surface area (Å²) in [6, 6.07) is 0. The van der Waals surface area contributed by atoms with Gasteiger partial charge in [0.15, 0.2) is 15.7 Å². The van der Waals surface area contributed by atoms with Crippen LogP contribution in [0.1, 0.15) is 38.9 Å². The number of hydrogen-bond donors (Lipinski definition) is 0. The van der Waals surface area contributed by atoms with Crippen molar-refractivity contribution in [1.29, 1.82) is 0 Å². The van der Waals surface area contributed by atoms with Crippen molar-refractivity contribution in [2.24, 2.45) is 0 Å². The summed E-state index contributed by atoms with van der Waals surface area (Å²) in [4.78, 5) is 1.45. The van der Waals surface area contributed by atoms with Gasteiger partial charge in [0, 0.05) is 12.9 Å². The van der Waals surface area contributed by atoms with Gasteiger partial charge in [-0.25, -0.2) is 8.42 Å². The van der Waals surface area contributed by atoms with Gasteiger partial charge >= 0.3 is 0 Å². The summed E-state index contributed by atoms with van der Waals surface area (Å²) in [6.45, 7) is 4.59. The predicted octanol–water partition coefficient (Wildman–Crippen LogP) is 0.522. The van der Waals surface area contributed by atoms with Gasteiger partial charge in [-0.05, 0) is 38.3 Å². The summed E-state index contributed by atoms with van der Waals surface area (Å²) in [5, 5.41) is 11.9. The molecule has 1 saturated heterocycles. The zero-order valence-electron chi connectivity index (χ0n) is 11.5. The van der Waals surface area contributed by atoms with Crippen LogP contribution in [0.25, 0.3) is 0 Å². The molecule has 1 aliphatic heterocycles. The van der Waals surface area contributed by atoms with Crippen LogP contribution in [0.3, 0.4) is 0 Å². The minimum Gasteiger partial charge on any atom is -0.378 e. The van der Waals surface area contributed by atoms with Crippen molar-refractivity contribution in [3.63, 3.8) is 0 Å². The fourth-order valence-corrected chi connectivity index (χ4v) is 2.29. The smallest absolute Gasteiger partial charge is 0.195 e. The Hall–Kier alpha value is -1.02. The zero-order valence-corrected chi connectivity index (χ0v) is 12.4. The first-order chi connectivity index (χ1) is 8.80. The topological polar surface area (TPSA) is 87.0 Å². The van der Waals surface area contributed by atoms with Crippen LogP contribution < -0.4 is 0 Å². The van der Waals surface area contributed by atoms with E-state index in [9.17, 15) is 8.42 Å². The molecule has 1 atom stereocenters. The molecule has 0 bridgehead atoms. The third-order valence-corrected chi connectivity index (χ3v) is 5.63. The van der Waals surface area contributed by atoms with Gasteiger partial charge < -0.3 is 4.74 Å². The Kier molecular flexibility index (Phi) is 3.91. The van der Waals surface area contributed by atoms with Gasteiger partial charge in [-0.2, -0.15) is 4.80 Å². The van der Waals surface area contributed by atoms with Gasteiger partial charge in [-0.15, -0.1) is 10.2 Å². The number of aromatic nitrogens is 4. The Bertz CT molecular complexity index is 532. The average molecular weight is 288 g/mol. The van der Waals surface area contributed by atoms with Crippen LogP contribution in [0.15, 0.2) is 0 Å². The molecule has 108 valence electrons. The molecular weight excluding hydrogens is 268 g/mol. The van der Waals surface area contributed by atoms with E-state index in [2.05, 4.69) is 15.4 Å². The van der Waals surface area contributed by atoms with Crippen LogP contribution in [0, 0.1) is 0 Å². The maximum atomic E-state index is 11.7. The first-order valence-electron chi connectivity index (χ1n) is 6.40. The minimum absolute atomic E-state index is 0.238. The highest BCUT2D eigenvalue weighted by molar-refractivity contribution is 7.91. The molecule has 1 aromatic rings. The monoisotopic (exact) mass is 288 g/mol. The molecule has 0 spiro atoms. The van der Waals surface area contributed by atoms with Crippen molar-refractivity contribution in [3.8, 4) is 0 Å². The summed E-state index contributed by atoms with van der Waals surface area (Å²) in [5.74, 6) is 0.238. The molecule has 0 radical (unpaired) electrons. The van der Waals surface area contributed by atoms with Gasteiger partial charge in [0.2, 0.25) is 0 Å². The van der Waals surface area contributed by atoms with Crippen LogP contribution in [0.4, 0.5) is 0 Å². The molecule has 0 aromatic carbocycles. The van der Waals surface area contributed by atoms with Crippen molar-refractivity contribution in [1.82, 2.24) is 20.2 Å². The fraction of sp³-hybridized carbons (Fsp3) is 0.909. The summed E-state index contributed by atoms with van der Waals surface area (Å²) < 4.78 is 27.8. The highest BCUT2D eigenvalue weighted by atomic mass is 32.2. The maximum Gasteiger partial charge on any atom is 0.195 e. The van der Waals surface area contributed by atoms with Crippen LogP contribution in [-0.2, 0) is 25.9 Å². The number of hydrogen-bond acceptors (Lipinski definition) is 6. The SMILES string of the molecule is CC(C)(c1nnn(CCC2CCCO2)n1)S(C)(=O)=O. The van der Waals surface area contributed by atoms with Gasteiger partial charge in [-0.1, -0.05) is 0 Å². The van der Waals surface area contributed by atoms with Crippen molar-refractivity contribution >= 4 is 9.84 Å². The van der Waals surface area contributed by atoms with Crippen LogP contribution in [0.2, 0.25) is 0 Å². The van der Waals surface area contributed by atoms with Gasteiger partial charge in [0.05, 0.1) is 12.6 Å². The van der Waals surface area contributed by atoms with E-state index in [1.54, 1.807) is 13.8 Å². The van der Waals surface area contributed by atoms with Crippen LogP contribution in [0.5, 0.6) is 0 Å². The number of rotatable bonds is 5. The van der Waals surface area contributed by atoms with Gasteiger partial charge in [0.1, 0.15) is 4.75 Å². The molecule has 1 aliphatic rings. The second-order valence-electron chi connectivity index (χ2n) is 5.42. The third-order valence-electron chi connectivity index (χ3n) is 3.59. The lowest BCUT2D eigenvalue weighted by molar-refractivity contribution is 0.0981. The molecule has 2 heterocycles. The van der Waals surface area contributed by atoms with E-state index in [1.165, 1.54) is 11.1 Å². The normalized spacial score (nSPS) is 20.9. The van der Waals surface area contributed by atoms with E-state index in [1.807, 2.05) is 0 Å². The summed E-state index contributed by atoms with van der Waals surface area (Å²) in [7, 11) is -3.28. The van der Waals surface area contributed by atoms with Crippen LogP contribution >= 0.6 is 0 Å². The zero-order chi connectivity index (χ0) is 14.1. The van der Waals surface area contributed by atoms with E-state index in [-0.39, 0.29) is 11.9 Å². The first-order valence-corrected chi connectivity index (χ1v) is 8.29. The summed E-state index contributed by atoms with van der Waals surface area (Å²) in [6.07, 6.45) is 4.44. The Morgan fingerprint density at radius 1 is 1.47 bits per heavy atom. The third kappa shape index (κ3) is 3.11. The highest BCUT2D eigenvalue weighted by Gasteiger charge is 2.37. The molecule has 2 rings (SSSR count). The van der Waals surface area contributed by atoms with E-state index in [0.29, 0.717) is 6.54 Å². The number of tetrazole rings is 1. The molecule has 8 heteroatoms. The second-order valence-corrected chi connectivity index (χ2v) is 7.98. The number of ether oxygens (including phenoxy) is 1. The fourth-order valence-electron chi connectivity index (χ4n) is 1.88. The molecule has 0 N–H and O–H groups in total. The Labute approximate surface area is 113 Å². The Morgan fingerprint density at radius 2 is 2.21 bits per heavy atom. The maximum absolute atomic E-state index is 11.7. The first kappa shape index (κ1) is 14.4. The molecule has 0 amide bonds. The van der Waals surface area contributed by atoms with Crippen molar-refractivity contribution < 1.29 is 13.2 Å². The molecule has 7 nitrogen and oxygen atoms in total. The predicted molar refractivity (Wildman–Crippen MR) is 69.3 cm³/mol. The molecule has 0 saturated carbocycles. The molecule has 19 heavy (non-hydrogen) atoms.